The molecular formula is C15H14ClN3OS. The molecule has 2 aromatic rings. The molecule has 1 amide bonds. The molecule has 0 spiro atoms. The maximum atomic E-state index is 12.0. The van der Waals surface area contributed by atoms with Crippen LogP contribution >= 0.6 is 22.9 Å². The fourth-order valence-electron chi connectivity index (χ4n) is 1.67. The average Bonchev–Trinajstić information content (AvgIpc) is 2.99. The first-order chi connectivity index (χ1) is 10.2. The van der Waals surface area contributed by atoms with Gasteiger partial charge in [-0.1, -0.05) is 23.4 Å². The number of aromatic nitrogens is 1. The maximum Gasteiger partial charge on any atom is 0.251 e. The minimum atomic E-state index is -0.162. The van der Waals surface area contributed by atoms with Gasteiger partial charge in [0.2, 0.25) is 0 Å². The quantitative estimate of drug-likeness (QED) is 0.848. The lowest BCUT2D eigenvalue weighted by atomic mass is 10.1. The van der Waals surface area contributed by atoms with E-state index in [1.54, 1.807) is 35.0 Å². The highest BCUT2D eigenvalue weighted by Gasteiger charge is 2.07. The molecule has 0 saturated heterocycles. The SMILES string of the molecule is NCC#Cc1ccc(C(=O)NCCc2cscn2)cc1Cl. The van der Waals surface area contributed by atoms with Crippen molar-refractivity contribution < 1.29 is 4.79 Å². The Morgan fingerprint density at radius 2 is 2.33 bits per heavy atom. The highest BCUT2D eigenvalue weighted by atomic mass is 35.5. The summed E-state index contributed by atoms with van der Waals surface area (Å²) in [7, 11) is 0. The topological polar surface area (TPSA) is 68.0 Å². The lowest BCUT2D eigenvalue weighted by Gasteiger charge is -2.05. The highest BCUT2D eigenvalue weighted by molar-refractivity contribution is 7.07. The van der Waals surface area contributed by atoms with Crippen LogP contribution in [0.5, 0.6) is 0 Å². The van der Waals surface area contributed by atoms with E-state index in [0.717, 1.165) is 5.69 Å². The van der Waals surface area contributed by atoms with Gasteiger partial charge in [-0.3, -0.25) is 4.79 Å². The molecule has 6 heteroatoms. The molecule has 0 saturated carbocycles. The Balaban J connectivity index is 1.94. The normalized spacial score (nSPS) is 9.81. The summed E-state index contributed by atoms with van der Waals surface area (Å²) in [5, 5.41) is 5.25. The number of nitrogens with two attached hydrogens (primary N) is 1. The van der Waals surface area contributed by atoms with Crippen molar-refractivity contribution in [2.24, 2.45) is 5.73 Å². The van der Waals surface area contributed by atoms with Crippen LogP contribution in [0, 0.1) is 11.8 Å². The number of halogens is 1. The number of hydrogen-bond acceptors (Lipinski definition) is 4. The molecule has 0 radical (unpaired) electrons. The summed E-state index contributed by atoms with van der Waals surface area (Å²) in [6.07, 6.45) is 0.711. The average molecular weight is 320 g/mol. The van der Waals surface area contributed by atoms with Crippen molar-refractivity contribution in [1.29, 1.82) is 0 Å². The van der Waals surface area contributed by atoms with Crippen LogP contribution in [0.1, 0.15) is 21.6 Å². The van der Waals surface area contributed by atoms with Crippen molar-refractivity contribution in [3.05, 3.63) is 50.9 Å². The molecule has 1 aromatic carbocycles. The number of nitrogens with one attached hydrogen (secondary N) is 1. The summed E-state index contributed by atoms with van der Waals surface area (Å²) in [5.41, 5.74) is 9.25. The summed E-state index contributed by atoms with van der Waals surface area (Å²) in [6.45, 7) is 0.810. The van der Waals surface area contributed by atoms with Gasteiger partial charge in [-0.05, 0) is 18.2 Å². The van der Waals surface area contributed by atoms with Crippen LogP contribution in [0.4, 0.5) is 0 Å². The van der Waals surface area contributed by atoms with Gasteiger partial charge in [-0.2, -0.15) is 0 Å². The van der Waals surface area contributed by atoms with Crippen LogP contribution in [0.2, 0.25) is 5.02 Å². The molecule has 3 N–H and O–H groups in total. The Labute approximate surface area is 132 Å². The van der Waals surface area contributed by atoms with E-state index >= 15 is 0 Å². The Morgan fingerprint density at radius 1 is 1.48 bits per heavy atom. The van der Waals surface area contributed by atoms with E-state index in [-0.39, 0.29) is 12.5 Å². The van der Waals surface area contributed by atoms with Gasteiger partial charge in [0.15, 0.2) is 0 Å². The summed E-state index contributed by atoms with van der Waals surface area (Å²) < 4.78 is 0. The summed E-state index contributed by atoms with van der Waals surface area (Å²) in [6, 6.07) is 5.03. The van der Waals surface area contributed by atoms with E-state index in [2.05, 4.69) is 22.1 Å². The van der Waals surface area contributed by atoms with Crippen molar-refractivity contribution in [2.75, 3.05) is 13.1 Å². The number of rotatable bonds is 4. The second kappa shape index (κ2) is 7.79. The monoisotopic (exact) mass is 319 g/mol. The lowest BCUT2D eigenvalue weighted by molar-refractivity contribution is 0.0954. The molecule has 1 aromatic heterocycles. The van der Waals surface area contributed by atoms with Gasteiger partial charge in [-0.15, -0.1) is 11.3 Å². The zero-order chi connectivity index (χ0) is 15.1. The molecule has 108 valence electrons. The van der Waals surface area contributed by atoms with Crippen molar-refractivity contribution in [3.63, 3.8) is 0 Å². The van der Waals surface area contributed by atoms with Crippen LogP contribution in [-0.2, 0) is 6.42 Å². The Kier molecular flexibility index (Phi) is 5.76. The number of nitrogens with zero attached hydrogens (tertiary/aromatic N) is 1. The second-order valence-corrected chi connectivity index (χ2v) is 5.31. The number of hydrogen-bond donors (Lipinski definition) is 2. The Morgan fingerprint density at radius 3 is 3.00 bits per heavy atom. The van der Waals surface area contributed by atoms with Gasteiger partial charge in [0.25, 0.3) is 5.91 Å². The van der Waals surface area contributed by atoms with Crippen LogP contribution in [0.25, 0.3) is 0 Å². The fourth-order valence-corrected chi connectivity index (χ4v) is 2.49. The van der Waals surface area contributed by atoms with E-state index in [1.807, 2.05) is 5.38 Å². The first kappa shape index (κ1) is 15.5. The zero-order valence-corrected chi connectivity index (χ0v) is 12.8. The van der Waals surface area contributed by atoms with Gasteiger partial charge in [-0.25, -0.2) is 4.98 Å². The van der Waals surface area contributed by atoms with Crippen molar-refractivity contribution in [1.82, 2.24) is 10.3 Å². The molecule has 0 aliphatic rings. The fraction of sp³-hybridized carbons (Fsp3) is 0.200. The number of benzene rings is 1. The van der Waals surface area contributed by atoms with E-state index in [4.69, 9.17) is 17.3 Å². The van der Waals surface area contributed by atoms with E-state index in [9.17, 15) is 4.79 Å². The number of amides is 1. The predicted molar refractivity (Wildman–Crippen MR) is 85.5 cm³/mol. The smallest absolute Gasteiger partial charge is 0.251 e. The van der Waals surface area contributed by atoms with Crippen LogP contribution < -0.4 is 11.1 Å². The van der Waals surface area contributed by atoms with Crippen molar-refractivity contribution >= 4 is 28.8 Å². The second-order valence-electron chi connectivity index (χ2n) is 4.19. The molecule has 0 aliphatic carbocycles. The Hall–Kier alpha value is -1.87. The third-order valence-corrected chi connectivity index (χ3v) is 3.65. The predicted octanol–water partition coefficient (Wildman–Crippen LogP) is 2.08. The highest BCUT2D eigenvalue weighted by Crippen LogP contribution is 2.17. The number of carbonyl (C=O) groups is 1. The number of carbonyl (C=O) groups excluding carboxylic acids is 1. The van der Waals surface area contributed by atoms with E-state index in [0.29, 0.717) is 29.1 Å². The molecule has 2 rings (SSSR count). The third-order valence-electron chi connectivity index (χ3n) is 2.71. The Bertz CT molecular complexity index is 674. The third kappa shape index (κ3) is 4.57. The van der Waals surface area contributed by atoms with Gasteiger partial charge < -0.3 is 11.1 Å². The first-order valence-electron chi connectivity index (χ1n) is 6.34. The summed E-state index contributed by atoms with van der Waals surface area (Å²) in [5.74, 6) is 5.42. The minimum absolute atomic E-state index is 0.162. The molecule has 4 nitrogen and oxygen atoms in total. The minimum Gasteiger partial charge on any atom is -0.352 e. The number of thiazole rings is 1. The zero-order valence-electron chi connectivity index (χ0n) is 11.2. The van der Waals surface area contributed by atoms with Crippen LogP contribution in [-0.4, -0.2) is 24.0 Å². The molecule has 0 unspecified atom stereocenters. The molecule has 0 bridgehead atoms. The molecule has 1 heterocycles. The van der Waals surface area contributed by atoms with Gasteiger partial charge in [0.05, 0.1) is 22.8 Å². The van der Waals surface area contributed by atoms with E-state index < -0.39 is 0 Å². The van der Waals surface area contributed by atoms with Crippen LogP contribution in [0.15, 0.2) is 29.1 Å². The summed E-state index contributed by atoms with van der Waals surface area (Å²) >= 11 is 7.63. The molecule has 0 atom stereocenters. The van der Waals surface area contributed by atoms with Gasteiger partial charge in [0, 0.05) is 29.5 Å². The lowest BCUT2D eigenvalue weighted by Crippen LogP contribution is -2.25. The maximum absolute atomic E-state index is 12.0. The molecule has 0 aliphatic heterocycles. The van der Waals surface area contributed by atoms with Crippen molar-refractivity contribution in [2.45, 2.75) is 6.42 Å². The molecular weight excluding hydrogens is 306 g/mol. The van der Waals surface area contributed by atoms with E-state index in [1.165, 1.54) is 0 Å². The largest absolute Gasteiger partial charge is 0.352 e. The van der Waals surface area contributed by atoms with Crippen molar-refractivity contribution in [3.8, 4) is 11.8 Å². The summed E-state index contributed by atoms with van der Waals surface area (Å²) in [4.78, 5) is 16.2. The first-order valence-corrected chi connectivity index (χ1v) is 7.66. The standard InChI is InChI=1S/C15H14ClN3OS/c16-14-8-12(4-3-11(14)2-1-6-17)15(20)18-7-5-13-9-21-10-19-13/h3-4,8-10H,5-7,17H2,(H,18,20). The van der Waals surface area contributed by atoms with Gasteiger partial charge >= 0.3 is 0 Å². The molecule has 21 heavy (non-hydrogen) atoms. The van der Waals surface area contributed by atoms with Crippen LogP contribution in [0.3, 0.4) is 0 Å². The van der Waals surface area contributed by atoms with Gasteiger partial charge in [0.1, 0.15) is 0 Å². The molecule has 0 fully saturated rings.